The van der Waals surface area contributed by atoms with Gasteiger partial charge in [0.05, 0.1) is 4.90 Å². The number of carbonyl (C=O) groups is 2. The van der Waals surface area contributed by atoms with E-state index in [9.17, 15) is 18.0 Å². The van der Waals surface area contributed by atoms with Crippen molar-refractivity contribution in [3.05, 3.63) is 125 Å². The highest BCUT2D eigenvalue weighted by Gasteiger charge is 2.55. The van der Waals surface area contributed by atoms with Gasteiger partial charge >= 0.3 is 6.03 Å². The van der Waals surface area contributed by atoms with Crippen molar-refractivity contribution in [2.75, 3.05) is 13.1 Å². The summed E-state index contributed by atoms with van der Waals surface area (Å²) in [5.41, 5.74) is 10.7. The predicted octanol–water partition coefficient (Wildman–Crippen LogP) is 7.17. The van der Waals surface area contributed by atoms with E-state index in [4.69, 9.17) is 10.5 Å². The number of carbonyl (C=O) groups excluding carboxylic acids is 2. The number of sulfonamides is 1. The van der Waals surface area contributed by atoms with Crippen molar-refractivity contribution in [1.82, 2.24) is 14.2 Å². The first-order valence-electron chi connectivity index (χ1n) is 16.2. The van der Waals surface area contributed by atoms with Crippen molar-refractivity contribution < 1.29 is 22.7 Å². The van der Waals surface area contributed by atoms with Crippen LogP contribution >= 0.6 is 0 Å². The Morgan fingerprint density at radius 3 is 2.31 bits per heavy atom. The lowest BCUT2D eigenvalue weighted by Crippen LogP contribution is -2.44. The standard InChI is InChI=1S/C38H40N4O5S/c1-25-16-17-29(22-26(25)2)47-34-19-18-30(23-27(34)3)48(45,46)42-36(37(43)41(38(42)44)21-11-5-10-20-39)35(28-12-6-4-7-13-28)32-24-40-33-15-9-8-14-31(32)33/h4,6-9,12-19,22-24,35-36,40H,5,10-11,20-21,39H2,1-3H3. The lowest BCUT2D eigenvalue weighted by Gasteiger charge is -2.29. The number of hydrogen-bond donors (Lipinski definition) is 2. The van der Waals surface area contributed by atoms with Crippen molar-refractivity contribution >= 4 is 32.9 Å². The van der Waals surface area contributed by atoms with Crippen LogP contribution in [0.15, 0.2) is 102 Å². The first kappa shape index (κ1) is 33.0. The highest BCUT2D eigenvalue weighted by Crippen LogP contribution is 2.42. The smallest absolute Gasteiger partial charge is 0.341 e. The van der Waals surface area contributed by atoms with E-state index >= 15 is 0 Å². The average Bonchev–Trinajstić information content (AvgIpc) is 3.61. The van der Waals surface area contributed by atoms with E-state index in [2.05, 4.69) is 4.98 Å². The number of nitrogens with two attached hydrogens (primary N) is 1. The van der Waals surface area contributed by atoms with Crippen LogP contribution in [0.5, 0.6) is 11.5 Å². The minimum absolute atomic E-state index is 0.0946. The molecule has 0 saturated carbocycles. The van der Waals surface area contributed by atoms with Gasteiger partial charge in [-0.2, -0.15) is 0 Å². The molecule has 4 aromatic carbocycles. The fourth-order valence-corrected chi connectivity index (χ4v) is 7.99. The second kappa shape index (κ2) is 13.7. The molecule has 2 heterocycles. The van der Waals surface area contributed by atoms with Gasteiger partial charge in [-0.15, -0.1) is 0 Å². The SMILES string of the molecule is Cc1ccc(Oc2ccc(S(=O)(=O)N3C(=O)N(CCCCCN)C(=O)C3C(c3ccccc3)c3c[nH]c4ccccc34)cc2C)cc1C. The summed E-state index contributed by atoms with van der Waals surface area (Å²) < 4.78 is 36.2. The van der Waals surface area contributed by atoms with Gasteiger partial charge in [-0.1, -0.05) is 61.0 Å². The van der Waals surface area contributed by atoms with Gasteiger partial charge in [0.2, 0.25) is 0 Å². The molecule has 48 heavy (non-hydrogen) atoms. The van der Waals surface area contributed by atoms with Crippen LogP contribution in [0.2, 0.25) is 0 Å². The number of aromatic nitrogens is 1. The Morgan fingerprint density at radius 1 is 0.833 bits per heavy atom. The topological polar surface area (TPSA) is 126 Å². The molecule has 5 aromatic rings. The average molecular weight is 665 g/mol. The molecule has 0 radical (unpaired) electrons. The second-order valence-electron chi connectivity index (χ2n) is 12.3. The molecule has 1 aromatic heterocycles. The maximum atomic E-state index is 14.7. The van der Waals surface area contributed by atoms with E-state index in [1.54, 1.807) is 19.2 Å². The molecule has 1 saturated heterocycles. The van der Waals surface area contributed by atoms with Crippen LogP contribution in [0.1, 0.15) is 53.0 Å². The largest absolute Gasteiger partial charge is 0.457 e. The number of urea groups is 1. The molecular formula is C38H40N4O5S. The molecule has 0 bridgehead atoms. The molecule has 0 aliphatic carbocycles. The van der Waals surface area contributed by atoms with Crippen LogP contribution in [-0.2, 0) is 14.8 Å². The van der Waals surface area contributed by atoms with Crippen molar-refractivity contribution in [2.24, 2.45) is 5.73 Å². The zero-order chi connectivity index (χ0) is 34.0. The monoisotopic (exact) mass is 664 g/mol. The minimum Gasteiger partial charge on any atom is -0.457 e. The summed E-state index contributed by atoms with van der Waals surface area (Å²) in [4.78, 5) is 32.9. The van der Waals surface area contributed by atoms with Crippen LogP contribution in [0, 0.1) is 20.8 Å². The third-order valence-electron chi connectivity index (χ3n) is 9.12. The number of H-pyrrole nitrogens is 1. The van der Waals surface area contributed by atoms with Gasteiger partial charge < -0.3 is 15.5 Å². The fourth-order valence-electron chi connectivity index (χ4n) is 6.38. The van der Waals surface area contributed by atoms with E-state index in [-0.39, 0.29) is 11.4 Å². The summed E-state index contributed by atoms with van der Waals surface area (Å²) in [5.74, 6) is -0.218. The normalized spacial score (nSPS) is 15.8. The van der Waals surface area contributed by atoms with Gasteiger partial charge in [0, 0.05) is 29.6 Å². The molecule has 6 rings (SSSR count). The van der Waals surface area contributed by atoms with Crippen LogP contribution < -0.4 is 10.5 Å². The van der Waals surface area contributed by atoms with E-state index < -0.39 is 33.9 Å². The number of aryl methyl sites for hydroxylation is 3. The van der Waals surface area contributed by atoms with Crippen LogP contribution in [0.4, 0.5) is 4.79 Å². The lowest BCUT2D eigenvalue weighted by molar-refractivity contribution is -0.128. The van der Waals surface area contributed by atoms with Crippen molar-refractivity contribution in [2.45, 2.75) is 56.9 Å². The predicted molar refractivity (Wildman–Crippen MR) is 187 cm³/mol. The molecule has 3 amide bonds. The number of imide groups is 1. The van der Waals surface area contributed by atoms with E-state index in [1.807, 2.05) is 86.6 Å². The summed E-state index contributed by atoms with van der Waals surface area (Å²) in [7, 11) is -4.52. The molecule has 1 aliphatic rings. The van der Waals surface area contributed by atoms with Crippen LogP contribution in [0.3, 0.4) is 0 Å². The third kappa shape index (κ3) is 6.21. The van der Waals surface area contributed by atoms with Gasteiger partial charge in [0.25, 0.3) is 15.9 Å². The lowest BCUT2D eigenvalue weighted by atomic mass is 9.84. The molecule has 1 aliphatic heterocycles. The molecule has 0 spiro atoms. The third-order valence-corrected chi connectivity index (χ3v) is 10.9. The minimum atomic E-state index is -4.52. The van der Waals surface area contributed by atoms with E-state index in [1.165, 1.54) is 12.1 Å². The quantitative estimate of drug-likeness (QED) is 0.108. The zero-order valence-electron chi connectivity index (χ0n) is 27.3. The van der Waals surface area contributed by atoms with Crippen molar-refractivity contribution in [3.8, 4) is 11.5 Å². The Bertz CT molecular complexity index is 2080. The number of para-hydroxylation sites is 1. The summed E-state index contributed by atoms with van der Waals surface area (Å²) in [6, 6.07) is 25.0. The number of nitrogens with one attached hydrogen (secondary N) is 1. The maximum absolute atomic E-state index is 14.7. The van der Waals surface area contributed by atoms with Gasteiger partial charge in [0.15, 0.2) is 0 Å². The van der Waals surface area contributed by atoms with E-state index in [0.29, 0.717) is 42.0 Å². The number of aromatic amines is 1. The van der Waals surface area contributed by atoms with Crippen LogP contribution in [-0.4, -0.2) is 53.7 Å². The number of amides is 3. The number of unbranched alkanes of at least 4 members (excludes halogenated alkanes) is 2. The van der Waals surface area contributed by atoms with E-state index in [0.717, 1.165) is 43.2 Å². The molecule has 2 atom stereocenters. The van der Waals surface area contributed by atoms with Crippen LogP contribution in [0.25, 0.3) is 10.9 Å². The summed E-state index contributed by atoms with van der Waals surface area (Å²) in [5, 5.41) is 0.842. The number of hydrogen-bond acceptors (Lipinski definition) is 6. The Hall–Kier alpha value is -4.93. The Labute approximate surface area is 281 Å². The molecule has 1 fully saturated rings. The molecule has 10 heteroatoms. The Balaban J connectivity index is 1.44. The first-order chi connectivity index (χ1) is 23.1. The highest BCUT2D eigenvalue weighted by atomic mass is 32.2. The molecular weight excluding hydrogens is 625 g/mol. The van der Waals surface area contributed by atoms with Gasteiger partial charge in [0.1, 0.15) is 17.5 Å². The summed E-state index contributed by atoms with van der Waals surface area (Å²) in [6.45, 7) is 6.35. The second-order valence-corrected chi connectivity index (χ2v) is 14.1. The summed E-state index contributed by atoms with van der Waals surface area (Å²) in [6.07, 6.45) is 3.76. The Morgan fingerprint density at radius 2 is 1.58 bits per heavy atom. The summed E-state index contributed by atoms with van der Waals surface area (Å²) >= 11 is 0. The van der Waals surface area contributed by atoms with Crippen molar-refractivity contribution in [1.29, 1.82) is 0 Å². The maximum Gasteiger partial charge on any atom is 0.341 e. The van der Waals surface area contributed by atoms with Crippen molar-refractivity contribution in [3.63, 3.8) is 0 Å². The number of fused-ring (bicyclic) bond motifs is 1. The number of nitrogens with zero attached hydrogens (tertiary/aromatic N) is 2. The van der Waals surface area contributed by atoms with Gasteiger partial charge in [-0.3, -0.25) is 9.69 Å². The molecule has 3 N–H and O–H groups in total. The van der Waals surface area contributed by atoms with Gasteiger partial charge in [-0.25, -0.2) is 17.5 Å². The fraction of sp³-hybridized carbons (Fsp3) is 0.263. The number of rotatable bonds is 12. The first-order valence-corrected chi connectivity index (χ1v) is 17.6. The molecule has 2 unspecified atom stereocenters. The number of ether oxygens (including phenoxy) is 1. The highest BCUT2D eigenvalue weighted by molar-refractivity contribution is 7.89. The zero-order valence-corrected chi connectivity index (χ0v) is 28.2. The number of benzene rings is 4. The molecule has 248 valence electrons. The molecule has 9 nitrogen and oxygen atoms in total. The van der Waals surface area contributed by atoms with Gasteiger partial charge in [-0.05, 0) is 104 Å². The Kier molecular flexibility index (Phi) is 9.39.